The van der Waals surface area contributed by atoms with E-state index in [1.54, 1.807) is 18.2 Å². The fraction of sp³-hybridized carbons (Fsp3) is 0.333. The molecule has 6 nitrogen and oxygen atoms in total. The van der Waals surface area contributed by atoms with E-state index in [9.17, 15) is 9.90 Å². The van der Waals surface area contributed by atoms with Crippen molar-refractivity contribution in [2.24, 2.45) is 0 Å². The van der Waals surface area contributed by atoms with E-state index in [0.29, 0.717) is 40.1 Å². The van der Waals surface area contributed by atoms with Crippen LogP contribution in [0.3, 0.4) is 0 Å². The number of fused-ring (bicyclic) bond motifs is 1. The van der Waals surface area contributed by atoms with Gasteiger partial charge >= 0.3 is 0 Å². The molecule has 1 fully saturated rings. The summed E-state index contributed by atoms with van der Waals surface area (Å²) in [5.74, 6) is -0.00992. The summed E-state index contributed by atoms with van der Waals surface area (Å²) >= 11 is 12.5. The number of amides is 1. The Morgan fingerprint density at radius 2 is 2.03 bits per heavy atom. The summed E-state index contributed by atoms with van der Waals surface area (Å²) in [6.45, 7) is 5.03. The molecule has 1 saturated heterocycles. The molecular formula is C24H23Cl2N3O3. The van der Waals surface area contributed by atoms with Gasteiger partial charge in [-0.15, -0.1) is 0 Å². The zero-order chi connectivity index (χ0) is 22.6. The monoisotopic (exact) mass is 471 g/mol. The molecule has 1 amide bonds. The number of halogens is 2. The molecule has 0 spiro atoms. The molecule has 8 heteroatoms. The number of hydrogen-bond acceptors (Lipinski definition) is 4. The number of phenolic OH excluding ortho intramolecular Hbond substituents is 1. The van der Waals surface area contributed by atoms with Crippen LogP contribution in [0, 0.1) is 13.8 Å². The van der Waals surface area contributed by atoms with Crippen LogP contribution in [0.2, 0.25) is 10.0 Å². The molecule has 0 radical (unpaired) electrons. The van der Waals surface area contributed by atoms with Crippen molar-refractivity contribution in [1.29, 1.82) is 0 Å². The highest BCUT2D eigenvalue weighted by atomic mass is 35.5. The molecule has 2 N–H and O–H groups in total. The minimum absolute atomic E-state index is 0.0147. The molecule has 2 aliphatic rings. The quantitative estimate of drug-likeness (QED) is 0.531. The summed E-state index contributed by atoms with van der Waals surface area (Å²) in [6.07, 6.45) is 1.88. The number of phenols is 1. The van der Waals surface area contributed by atoms with Crippen molar-refractivity contribution in [2.75, 3.05) is 13.2 Å². The average Bonchev–Trinajstić information content (AvgIpc) is 3.44. The van der Waals surface area contributed by atoms with E-state index in [2.05, 4.69) is 10.2 Å². The second-order valence-corrected chi connectivity index (χ2v) is 9.32. The normalized spacial score (nSPS) is 20.2. The summed E-state index contributed by atoms with van der Waals surface area (Å²) in [4.78, 5) is 15.3. The van der Waals surface area contributed by atoms with E-state index >= 15 is 0 Å². The van der Waals surface area contributed by atoms with Crippen LogP contribution in [-0.4, -0.2) is 45.4 Å². The molecule has 5 rings (SSSR count). The summed E-state index contributed by atoms with van der Waals surface area (Å²) in [5.41, 5.74) is 5.00. The maximum atomic E-state index is 13.5. The van der Waals surface area contributed by atoms with E-state index in [-0.39, 0.29) is 17.8 Å². The second kappa shape index (κ2) is 8.10. The van der Waals surface area contributed by atoms with Gasteiger partial charge in [0.25, 0.3) is 5.91 Å². The largest absolute Gasteiger partial charge is 0.507 e. The molecule has 32 heavy (non-hydrogen) atoms. The van der Waals surface area contributed by atoms with E-state index < -0.39 is 6.04 Å². The lowest BCUT2D eigenvalue weighted by atomic mass is 9.93. The highest BCUT2D eigenvalue weighted by Crippen LogP contribution is 2.46. The molecule has 2 aromatic carbocycles. The van der Waals surface area contributed by atoms with Gasteiger partial charge in [0, 0.05) is 24.3 Å². The van der Waals surface area contributed by atoms with Gasteiger partial charge in [0.05, 0.1) is 22.2 Å². The molecule has 2 atom stereocenters. The van der Waals surface area contributed by atoms with Crippen LogP contribution >= 0.6 is 23.2 Å². The predicted octanol–water partition coefficient (Wildman–Crippen LogP) is 5.43. The van der Waals surface area contributed by atoms with E-state index in [4.69, 9.17) is 27.9 Å². The predicted molar refractivity (Wildman–Crippen MR) is 123 cm³/mol. The molecular weight excluding hydrogens is 449 g/mol. The van der Waals surface area contributed by atoms with Crippen molar-refractivity contribution in [3.8, 4) is 17.0 Å². The molecule has 2 unspecified atom stereocenters. The number of hydrogen-bond donors (Lipinski definition) is 2. The summed E-state index contributed by atoms with van der Waals surface area (Å²) in [5, 5.41) is 19.0. The molecule has 3 aromatic rings. The maximum Gasteiger partial charge on any atom is 0.273 e. The Bertz CT molecular complexity index is 1190. The number of H-pyrrole nitrogens is 1. The summed E-state index contributed by atoms with van der Waals surface area (Å²) in [6, 6.07) is 8.68. The number of aromatic nitrogens is 2. The molecule has 0 aliphatic carbocycles. The van der Waals surface area contributed by atoms with Crippen LogP contribution in [0.4, 0.5) is 0 Å². The lowest BCUT2D eigenvalue weighted by Crippen LogP contribution is -2.36. The van der Waals surface area contributed by atoms with Gasteiger partial charge in [-0.3, -0.25) is 9.89 Å². The lowest BCUT2D eigenvalue weighted by molar-refractivity contribution is 0.0495. The number of rotatable bonds is 4. The highest BCUT2D eigenvalue weighted by molar-refractivity contribution is 6.42. The van der Waals surface area contributed by atoms with Crippen molar-refractivity contribution < 1.29 is 14.6 Å². The number of carbonyl (C=O) groups excluding carboxylic acids is 1. The van der Waals surface area contributed by atoms with E-state index in [1.807, 2.05) is 30.9 Å². The number of nitrogens with one attached hydrogen (secondary N) is 1. The van der Waals surface area contributed by atoms with Gasteiger partial charge in [-0.05, 0) is 61.6 Å². The standard InChI is InChI=1S/C24H23Cl2N3O3/c1-12-8-13(2)19(18(30)9-12)21-20-22(28-27-21)24(31)29(11-15-4-3-7-32-15)23(20)14-5-6-16(25)17(26)10-14/h5-6,8-10,15,23,30H,3-4,7,11H2,1-2H3,(H,27,28). The number of aromatic amines is 1. The molecule has 166 valence electrons. The van der Waals surface area contributed by atoms with Crippen molar-refractivity contribution in [3.63, 3.8) is 0 Å². The average molecular weight is 472 g/mol. The van der Waals surface area contributed by atoms with Gasteiger partial charge in [0.1, 0.15) is 17.1 Å². The van der Waals surface area contributed by atoms with Crippen LogP contribution in [0.15, 0.2) is 30.3 Å². The SMILES string of the molecule is Cc1cc(C)c(-c2n[nH]c3c2C(c2ccc(Cl)c(Cl)c2)N(CC2CCCO2)C3=O)c(O)c1. The number of carbonyl (C=O) groups is 1. The van der Waals surface area contributed by atoms with Gasteiger partial charge in [0.2, 0.25) is 0 Å². The van der Waals surface area contributed by atoms with Crippen LogP contribution < -0.4 is 0 Å². The number of benzene rings is 2. The van der Waals surface area contributed by atoms with Gasteiger partial charge in [-0.25, -0.2) is 0 Å². The van der Waals surface area contributed by atoms with Crippen LogP contribution in [0.1, 0.15) is 51.6 Å². The first-order valence-electron chi connectivity index (χ1n) is 10.6. The van der Waals surface area contributed by atoms with Crippen molar-refractivity contribution in [3.05, 3.63) is 68.3 Å². The smallest absolute Gasteiger partial charge is 0.273 e. The van der Waals surface area contributed by atoms with Gasteiger partial charge < -0.3 is 14.7 Å². The fourth-order valence-corrected chi connectivity index (χ4v) is 5.17. The van der Waals surface area contributed by atoms with Gasteiger partial charge in [-0.2, -0.15) is 5.10 Å². The second-order valence-electron chi connectivity index (χ2n) is 8.51. The van der Waals surface area contributed by atoms with Crippen LogP contribution in [0.25, 0.3) is 11.3 Å². The lowest BCUT2D eigenvalue weighted by Gasteiger charge is -2.29. The third-order valence-electron chi connectivity index (χ3n) is 6.24. The van der Waals surface area contributed by atoms with Gasteiger partial charge in [0.15, 0.2) is 0 Å². The Morgan fingerprint density at radius 1 is 1.22 bits per heavy atom. The third kappa shape index (κ3) is 3.47. The summed E-state index contributed by atoms with van der Waals surface area (Å²) < 4.78 is 5.83. The topological polar surface area (TPSA) is 78.5 Å². The molecule has 1 aromatic heterocycles. The summed E-state index contributed by atoms with van der Waals surface area (Å²) in [7, 11) is 0. The number of nitrogens with zero attached hydrogens (tertiary/aromatic N) is 2. The first kappa shape index (κ1) is 21.3. The van der Waals surface area contributed by atoms with Crippen molar-refractivity contribution >= 4 is 29.1 Å². The van der Waals surface area contributed by atoms with E-state index in [0.717, 1.165) is 35.1 Å². The number of aromatic hydroxyl groups is 1. The molecule has 0 bridgehead atoms. The van der Waals surface area contributed by atoms with Crippen molar-refractivity contribution in [1.82, 2.24) is 15.1 Å². The third-order valence-corrected chi connectivity index (χ3v) is 6.98. The van der Waals surface area contributed by atoms with Crippen LogP contribution in [-0.2, 0) is 4.74 Å². The Balaban J connectivity index is 1.68. The molecule has 3 heterocycles. The Kier molecular flexibility index (Phi) is 5.40. The Labute approximate surface area is 196 Å². The van der Waals surface area contributed by atoms with Crippen molar-refractivity contribution in [2.45, 2.75) is 38.8 Å². The Hall–Kier alpha value is -2.54. The molecule has 0 saturated carbocycles. The highest BCUT2D eigenvalue weighted by Gasteiger charge is 2.44. The fourth-order valence-electron chi connectivity index (χ4n) is 4.87. The maximum absolute atomic E-state index is 13.5. The minimum atomic E-state index is -0.426. The van der Waals surface area contributed by atoms with Gasteiger partial charge in [-0.1, -0.05) is 35.3 Å². The van der Waals surface area contributed by atoms with E-state index in [1.165, 1.54) is 0 Å². The minimum Gasteiger partial charge on any atom is -0.507 e. The Morgan fingerprint density at radius 3 is 2.72 bits per heavy atom. The van der Waals surface area contributed by atoms with Crippen LogP contribution in [0.5, 0.6) is 5.75 Å². The molecule has 2 aliphatic heterocycles. The first-order valence-corrected chi connectivity index (χ1v) is 11.4. The zero-order valence-electron chi connectivity index (χ0n) is 17.8. The first-order chi connectivity index (χ1) is 15.3. The number of aryl methyl sites for hydroxylation is 2. The zero-order valence-corrected chi connectivity index (χ0v) is 19.3. The number of ether oxygens (including phenoxy) is 1.